The second-order valence-corrected chi connectivity index (χ2v) is 11.0. The molecule has 2 N–H and O–H groups in total. The summed E-state index contributed by atoms with van der Waals surface area (Å²) >= 11 is 1.45. The summed E-state index contributed by atoms with van der Waals surface area (Å²) in [6, 6.07) is 15.1. The normalized spacial score (nSPS) is 11.9. The summed E-state index contributed by atoms with van der Waals surface area (Å²) in [5.41, 5.74) is 0.569. The average molecular weight is 451 g/mol. The van der Waals surface area contributed by atoms with Gasteiger partial charge in [-0.1, -0.05) is 12.1 Å². The molecule has 0 radical (unpaired) electrons. The Labute approximate surface area is 173 Å². The SMILES string of the molecule is CS(=O)(=O)c1cccc(NC(=O)c2ccc(S(=O)(=O)NCc3cccs3)cc2)c1. The van der Waals surface area contributed by atoms with Gasteiger partial charge in [-0.15, -0.1) is 11.3 Å². The molecule has 10 heteroatoms. The Morgan fingerprint density at radius 2 is 1.66 bits per heavy atom. The van der Waals surface area contributed by atoms with Crippen LogP contribution in [0.4, 0.5) is 5.69 Å². The second-order valence-electron chi connectivity index (χ2n) is 6.18. The second kappa shape index (κ2) is 8.46. The van der Waals surface area contributed by atoms with Gasteiger partial charge < -0.3 is 5.32 Å². The first-order valence-electron chi connectivity index (χ1n) is 8.39. The van der Waals surface area contributed by atoms with Crippen molar-refractivity contribution in [3.63, 3.8) is 0 Å². The lowest BCUT2D eigenvalue weighted by Gasteiger charge is -2.09. The molecule has 0 unspecified atom stereocenters. The van der Waals surface area contributed by atoms with E-state index in [1.165, 1.54) is 53.8 Å². The number of hydrogen-bond donors (Lipinski definition) is 2. The molecule has 0 aliphatic rings. The standard InChI is InChI=1S/C19H18N2O5S3/c1-28(23,24)18-6-2-4-15(12-18)21-19(22)14-7-9-17(10-8-14)29(25,26)20-13-16-5-3-11-27-16/h2-12,20H,13H2,1H3,(H,21,22). The van der Waals surface area contributed by atoms with E-state index >= 15 is 0 Å². The van der Waals surface area contributed by atoms with Gasteiger partial charge in [-0.3, -0.25) is 4.79 Å². The monoisotopic (exact) mass is 450 g/mol. The maximum atomic E-state index is 12.4. The highest BCUT2D eigenvalue weighted by Crippen LogP contribution is 2.17. The predicted molar refractivity (Wildman–Crippen MR) is 112 cm³/mol. The van der Waals surface area contributed by atoms with Gasteiger partial charge in [0.2, 0.25) is 10.0 Å². The van der Waals surface area contributed by atoms with Crippen molar-refractivity contribution in [1.29, 1.82) is 0 Å². The van der Waals surface area contributed by atoms with Crippen molar-refractivity contribution in [2.75, 3.05) is 11.6 Å². The molecule has 0 bridgehead atoms. The van der Waals surface area contributed by atoms with Crippen LogP contribution in [0.25, 0.3) is 0 Å². The molecular weight excluding hydrogens is 432 g/mol. The molecule has 0 atom stereocenters. The molecule has 0 fully saturated rings. The molecular formula is C19H18N2O5S3. The van der Waals surface area contributed by atoms with Crippen molar-refractivity contribution < 1.29 is 21.6 Å². The molecule has 3 rings (SSSR count). The molecule has 0 aliphatic carbocycles. The molecule has 1 aromatic heterocycles. The minimum Gasteiger partial charge on any atom is -0.322 e. The van der Waals surface area contributed by atoms with E-state index in [1.54, 1.807) is 6.07 Å². The third-order valence-corrected chi connectivity index (χ3v) is 7.37. The summed E-state index contributed by atoms with van der Waals surface area (Å²) < 4.78 is 50.5. The van der Waals surface area contributed by atoms with E-state index in [-0.39, 0.29) is 21.9 Å². The highest BCUT2D eigenvalue weighted by molar-refractivity contribution is 7.90. The Morgan fingerprint density at radius 1 is 0.931 bits per heavy atom. The van der Waals surface area contributed by atoms with Crippen LogP contribution in [0.2, 0.25) is 0 Å². The Morgan fingerprint density at radius 3 is 2.28 bits per heavy atom. The highest BCUT2D eigenvalue weighted by Gasteiger charge is 2.15. The molecule has 1 heterocycles. The Bertz CT molecular complexity index is 1220. The minimum atomic E-state index is -3.70. The van der Waals surface area contributed by atoms with Crippen LogP contribution in [-0.4, -0.2) is 29.0 Å². The first-order chi connectivity index (χ1) is 13.6. The number of carbonyl (C=O) groups is 1. The number of sulfonamides is 1. The van der Waals surface area contributed by atoms with E-state index in [9.17, 15) is 21.6 Å². The van der Waals surface area contributed by atoms with E-state index in [0.717, 1.165) is 11.1 Å². The number of benzene rings is 2. The summed E-state index contributed by atoms with van der Waals surface area (Å²) in [5, 5.41) is 4.47. The maximum absolute atomic E-state index is 12.4. The molecule has 2 aromatic carbocycles. The zero-order valence-electron chi connectivity index (χ0n) is 15.3. The van der Waals surface area contributed by atoms with Gasteiger partial charge in [-0.2, -0.15) is 0 Å². The minimum absolute atomic E-state index is 0.0460. The number of anilines is 1. The van der Waals surface area contributed by atoms with E-state index < -0.39 is 25.8 Å². The molecule has 3 aromatic rings. The first-order valence-corrected chi connectivity index (χ1v) is 12.6. The third-order valence-electron chi connectivity index (χ3n) is 3.96. The Hall–Kier alpha value is -2.53. The summed E-state index contributed by atoms with van der Waals surface area (Å²) in [5.74, 6) is -0.480. The molecule has 0 spiro atoms. The van der Waals surface area contributed by atoms with Gasteiger partial charge in [-0.25, -0.2) is 21.6 Å². The van der Waals surface area contributed by atoms with Gasteiger partial charge in [0.1, 0.15) is 0 Å². The summed E-state index contributed by atoms with van der Waals surface area (Å²) in [4.78, 5) is 13.4. The van der Waals surface area contributed by atoms with Crippen molar-refractivity contribution in [3.05, 3.63) is 76.5 Å². The lowest BCUT2D eigenvalue weighted by molar-refractivity contribution is 0.102. The van der Waals surface area contributed by atoms with E-state index in [2.05, 4.69) is 10.0 Å². The van der Waals surface area contributed by atoms with Crippen molar-refractivity contribution in [1.82, 2.24) is 4.72 Å². The number of sulfone groups is 1. The summed E-state index contributed by atoms with van der Waals surface area (Å²) in [6.45, 7) is 0.193. The smallest absolute Gasteiger partial charge is 0.255 e. The van der Waals surface area contributed by atoms with Crippen LogP contribution in [0.15, 0.2) is 75.8 Å². The topological polar surface area (TPSA) is 109 Å². The Kier molecular flexibility index (Phi) is 6.18. The number of nitrogens with one attached hydrogen (secondary N) is 2. The predicted octanol–water partition coefficient (Wildman–Crippen LogP) is 2.88. The molecule has 29 heavy (non-hydrogen) atoms. The van der Waals surface area contributed by atoms with Crippen LogP contribution < -0.4 is 10.0 Å². The van der Waals surface area contributed by atoms with Gasteiger partial charge in [0.05, 0.1) is 9.79 Å². The van der Waals surface area contributed by atoms with E-state index in [1.807, 2.05) is 17.5 Å². The van der Waals surface area contributed by atoms with E-state index in [0.29, 0.717) is 5.69 Å². The van der Waals surface area contributed by atoms with Gasteiger partial charge >= 0.3 is 0 Å². The molecule has 0 aliphatic heterocycles. The number of rotatable bonds is 7. The summed E-state index contributed by atoms with van der Waals surface area (Å²) in [6.07, 6.45) is 1.08. The first kappa shape index (κ1) is 21.2. The molecule has 0 saturated carbocycles. The van der Waals surface area contributed by atoms with Gasteiger partial charge in [0.15, 0.2) is 9.84 Å². The lowest BCUT2D eigenvalue weighted by atomic mass is 10.2. The largest absolute Gasteiger partial charge is 0.322 e. The lowest BCUT2D eigenvalue weighted by Crippen LogP contribution is -2.23. The van der Waals surface area contributed by atoms with Crippen LogP contribution in [0.1, 0.15) is 15.2 Å². The molecule has 0 saturated heterocycles. The highest BCUT2D eigenvalue weighted by atomic mass is 32.2. The molecule has 7 nitrogen and oxygen atoms in total. The fourth-order valence-corrected chi connectivity index (χ4v) is 4.87. The van der Waals surface area contributed by atoms with Crippen LogP contribution in [-0.2, 0) is 26.4 Å². The van der Waals surface area contributed by atoms with E-state index in [4.69, 9.17) is 0 Å². The van der Waals surface area contributed by atoms with Crippen LogP contribution in [0, 0.1) is 0 Å². The maximum Gasteiger partial charge on any atom is 0.255 e. The zero-order chi connectivity index (χ0) is 21.1. The van der Waals surface area contributed by atoms with Crippen molar-refractivity contribution >= 4 is 42.8 Å². The molecule has 152 valence electrons. The van der Waals surface area contributed by atoms with Crippen LogP contribution in [0.3, 0.4) is 0 Å². The van der Waals surface area contributed by atoms with Gasteiger partial charge in [0.25, 0.3) is 5.91 Å². The summed E-state index contributed by atoms with van der Waals surface area (Å²) in [7, 11) is -7.10. The van der Waals surface area contributed by atoms with Gasteiger partial charge in [0, 0.05) is 28.9 Å². The van der Waals surface area contributed by atoms with Crippen molar-refractivity contribution in [2.24, 2.45) is 0 Å². The van der Waals surface area contributed by atoms with Crippen LogP contribution >= 0.6 is 11.3 Å². The number of amides is 1. The van der Waals surface area contributed by atoms with Crippen LogP contribution in [0.5, 0.6) is 0 Å². The Balaban J connectivity index is 1.70. The average Bonchev–Trinajstić information content (AvgIpc) is 3.20. The fourth-order valence-electron chi connectivity index (χ4n) is 2.46. The number of carbonyl (C=O) groups excluding carboxylic acids is 1. The zero-order valence-corrected chi connectivity index (χ0v) is 17.8. The van der Waals surface area contributed by atoms with Crippen molar-refractivity contribution in [3.8, 4) is 0 Å². The van der Waals surface area contributed by atoms with Crippen molar-refractivity contribution in [2.45, 2.75) is 16.3 Å². The third kappa shape index (κ3) is 5.51. The van der Waals surface area contributed by atoms with Gasteiger partial charge in [-0.05, 0) is 53.9 Å². The quantitative estimate of drug-likeness (QED) is 0.575. The number of hydrogen-bond acceptors (Lipinski definition) is 6. The fraction of sp³-hybridized carbons (Fsp3) is 0.105. The number of thiophene rings is 1. The molecule has 1 amide bonds.